The molecule has 1 aromatic heterocycles. The third-order valence-electron chi connectivity index (χ3n) is 4.62. The minimum atomic E-state index is -0.245. The monoisotopic (exact) mass is 421 g/mol. The van der Waals surface area contributed by atoms with E-state index in [1.807, 2.05) is 71.4 Å². The molecule has 31 heavy (non-hydrogen) atoms. The van der Waals surface area contributed by atoms with Crippen LogP contribution >= 0.6 is 0 Å². The highest BCUT2D eigenvalue weighted by molar-refractivity contribution is 5.76. The van der Waals surface area contributed by atoms with Crippen molar-refractivity contribution in [2.75, 3.05) is 6.54 Å². The summed E-state index contributed by atoms with van der Waals surface area (Å²) in [5.41, 5.74) is 13.6. The summed E-state index contributed by atoms with van der Waals surface area (Å²) in [7, 11) is 0. The summed E-state index contributed by atoms with van der Waals surface area (Å²) in [5, 5.41) is 3.03. The van der Waals surface area contributed by atoms with Gasteiger partial charge in [0.15, 0.2) is 0 Å². The number of benzene rings is 2. The minimum absolute atomic E-state index is 0.00522. The fourth-order valence-corrected chi connectivity index (χ4v) is 2.87. The Labute approximate surface area is 183 Å². The molecule has 0 aliphatic carbocycles. The van der Waals surface area contributed by atoms with Crippen molar-refractivity contribution in [3.63, 3.8) is 0 Å². The van der Waals surface area contributed by atoms with E-state index in [2.05, 4.69) is 16.0 Å². The Bertz CT molecular complexity index is 925. The summed E-state index contributed by atoms with van der Waals surface area (Å²) in [6, 6.07) is 20.0. The normalized spacial score (nSPS) is 11.2. The number of para-hydroxylation sites is 1. The SMILES string of the molecule is CCC(N)=O.NCC(Cc1ccccc1)NC(=O)CCc1cn(-c2ccccc2)cn1. The number of aromatic nitrogens is 2. The predicted molar refractivity (Wildman–Crippen MR) is 123 cm³/mol. The van der Waals surface area contributed by atoms with Gasteiger partial charge in [0, 0.05) is 37.3 Å². The fraction of sp³-hybridized carbons (Fsp3) is 0.292. The molecule has 0 radical (unpaired) electrons. The lowest BCUT2D eigenvalue weighted by molar-refractivity contribution is -0.121. The van der Waals surface area contributed by atoms with Crippen LogP contribution in [0.5, 0.6) is 0 Å². The molecule has 0 aliphatic rings. The van der Waals surface area contributed by atoms with Gasteiger partial charge in [-0.2, -0.15) is 0 Å². The number of hydrogen-bond donors (Lipinski definition) is 3. The summed E-state index contributed by atoms with van der Waals surface area (Å²) in [6.07, 6.45) is 5.94. The summed E-state index contributed by atoms with van der Waals surface area (Å²) in [5.74, 6) is -0.240. The van der Waals surface area contributed by atoms with Gasteiger partial charge in [-0.25, -0.2) is 4.98 Å². The number of amides is 2. The van der Waals surface area contributed by atoms with Gasteiger partial charge in [-0.3, -0.25) is 9.59 Å². The number of nitrogens with one attached hydrogen (secondary N) is 1. The molecule has 2 amide bonds. The van der Waals surface area contributed by atoms with E-state index in [9.17, 15) is 9.59 Å². The molecule has 7 nitrogen and oxygen atoms in total. The second-order valence-corrected chi connectivity index (χ2v) is 7.12. The molecule has 164 valence electrons. The first-order valence-electron chi connectivity index (χ1n) is 10.4. The standard InChI is InChI=1S/C21H24N4O.C3H7NO/c22-14-19(13-17-7-3-1-4-8-17)24-21(26)12-11-18-15-25(16-23-18)20-9-5-2-6-10-20;1-2-3(4)5/h1-10,15-16,19H,11-14,22H2,(H,24,26);2H2,1H3,(H2,4,5). The second kappa shape index (κ2) is 13.0. The summed E-state index contributed by atoms with van der Waals surface area (Å²) in [4.78, 5) is 26.2. The van der Waals surface area contributed by atoms with Gasteiger partial charge in [0.1, 0.15) is 0 Å². The van der Waals surface area contributed by atoms with E-state index in [1.165, 1.54) is 5.56 Å². The van der Waals surface area contributed by atoms with Crippen LogP contribution in [0.15, 0.2) is 73.2 Å². The van der Waals surface area contributed by atoms with Gasteiger partial charge in [0.25, 0.3) is 0 Å². The number of carbonyl (C=O) groups is 2. The zero-order valence-electron chi connectivity index (χ0n) is 17.9. The van der Waals surface area contributed by atoms with E-state index < -0.39 is 0 Å². The van der Waals surface area contributed by atoms with Crippen LogP contribution in [0.2, 0.25) is 0 Å². The quantitative estimate of drug-likeness (QED) is 0.492. The number of nitrogens with two attached hydrogens (primary N) is 2. The van der Waals surface area contributed by atoms with Crippen molar-refractivity contribution < 1.29 is 9.59 Å². The van der Waals surface area contributed by atoms with E-state index in [-0.39, 0.29) is 17.9 Å². The van der Waals surface area contributed by atoms with Crippen LogP contribution in [0.4, 0.5) is 0 Å². The van der Waals surface area contributed by atoms with E-state index in [1.54, 1.807) is 13.3 Å². The first-order valence-corrected chi connectivity index (χ1v) is 10.4. The Kier molecular flexibility index (Phi) is 9.97. The van der Waals surface area contributed by atoms with Gasteiger partial charge in [-0.1, -0.05) is 55.5 Å². The Morgan fingerprint density at radius 2 is 1.68 bits per heavy atom. The van der Waals surface area contributed by atoms with Gasteiger partial charge in [-0.15, -0.1) is 0 Å². The third kappa shape index (κ3) is 8.84. The first-order chi connectivity index (χ1) is 15.0. The average molecular weight is 422 g/mol. The van der Waals surface area contributed by atoms with Gasteiger partial charge < -0.3 is 21.4 Å². The van der Waals surface area contributed by atoms with Gasteiger partial charge in [-0.05, 0) is 30.5 Å². The molecule has 0 spiro atoms. The lowest BCUT2D eigenvalue weighted by Crippen LogP contribution is -2.41. The molecular weight excluding hydrogens is 390 g/mol. The third-order valence-corrected chi connectivity index (χ3v) is 4.62. The van der Waals surface area contributed by atoms with Crippen LogP contribution in [0.3, 0.4) is 0 Å². The number of carbonyl (C=O) groups excluding carboxylic acids is 2. The topological polar surface area (TPSA) is 116 Å². The second-order valence-electron chi connectivity index (χ2n) is 7.12. The zero-order valence-corrected chi connectivity index (χ0v) is 17.9. The molecule has 0 fully saturated rings. The number of nitrogens with zero attached hydrogens (tertiary/aromatic N) is 2. The Balaban J connectivity index is 0.000000614. The predicted octanol–water partition coefficient (Wildman–Crippen LogP) is 2.37. The smallest absolute Gasteiger partial charge is 0.220 e. The molecule has 7 heteroatoms. The highest BCUT2D eigenvalue weighted by Crippen LogP contribution is 2.09. The number of imidazole rings is 1. The van der Waals surface area contributed by atoms with Crippen molar-refractivity contribution in [3.8, 4) is 5.69 Å². The van der Waals surface area contributed by atoms with Crippen LogP contribution in [0.1, 0.15) is 31.0 Å². The molecule has 1 atom stereocenters. The number of aryl methyl sites for hydroxylation is 1. The Morgan fingerprint density at radius 3 is 2.26 bits per heavy atom. The van der Waals surface area contributed by atoms with Crippen molar-refractivity contribution in [3.05, 3.63) is 84.4 Å². The lowest BCUT2D eigenvalue weighted by atomic mass is 10.1. The summed E-state index contributed by atoms with van der Waals surface area (Å²) in [6.45, 7) is 2.14. The zero-order chi connectivity index (χ0) is 22.5. The molecular formula is C24H31N5O2. The van der Waals surface area contributed by atoms with E-state index in [0.717, 1.165) is 17.8 Å². The number of rotatable bonds is 9. The highest BCUT2D eigenvalue weighted by Gasteiger charge is 2.12. The molecule has 0 aliphatic heterocycles. The maximum absolute atomic E-state index is 12.3. The average Bonchev–Trinajstić information content (AvgIpc) is 3.28. The van der Waals surface area contributed by atoms with Crippen molar-refractivity contribution in [1.29, 1.82) is 0 Å². The molecule has 0 saturated heterocycles. The van der Waals surface area contributed by atoms with Crippen LogP contribution < -0.4 is 16.8 Å². The van der Waals surface area contributed by atoms with Crippen molar-refractivity contribution in [2.24, 2.45) is 11.5 Å². The molecule has 1 heterocycles. The van der Waals surface area contributed by atoms with E-state index in [0.29, 0.717) is 25.8 Å². The largest absolute Gasteiger partial charge is 0.370 e. The maximum atomic E-state index is 12.3. The van der Waals surface area contributed by atoms with Gasteiger partial charge in [0.05, 0.1) is 12.0 Å². The molecule has 1 unspecified atom stereocenters. The van der Waals surface area contributed by atoms with Crippen LogP contribution in [0.25, 0.3) is 5.69 Å². The fourth-order valence-electron chi connectivity index (χ4n) is 2.87. The lowest BCUT2D eigenvalue weighted by Gasteiger charge is -2.16. The molecule has 0 saturated carbocycles. The minimum Gasteiger partial charge on any atom is -0.370 e. The molecule has 0 bridgehead atoms. The van der Waals surface area contributed by atoms with Crippen LogP contribution in [0, 0.1) is 0 Å². The van der Waals surface area contributed by atoms with Gasteiger partial charge >= 0.3 is 0 Å². The van der Waals surface area contributed by atoms with Crippen molar-refractivity contribution in [2.45, 2.75) is 38.6 Å². The van der Waals surface area contributed by atoms with E-state index >= 15 is 0 Å². The van der Waals surface area contributed by atoms with Gasteiger partial charge in [0.2, 0.25) is 11.8 Å². The van der Waals surface area contributed by atoms with Crippen molar-refractivity contribution >= 4 is 11.8 Å². The highest BCUT2D eigenvalue weighted by atomic mass is 16.2. The summed E-state index contributed by atoms with van der Waals surface area (Å²) >= 11 is 0. The number of primary amides is 1. The molecule has 2 aromatic carbocycles. The maximum Gasteiger partial charge on any atom is 0.220 e. The molecule has 5 N–H and O–H groups in total. The Hall–Kier alpha value is -3.45. The molecule has 3 rings (SSSR count). The molecule has 3 aromatic rings. The van der Waals surface area contributed by atoms with Crippen molar-refractivity contribution in [1.82, 2.24) is 14.9 Å². The summed E-state index contributed by atoms with van der Waals surface area (Å²) < 4.78 is 1.96. The van der Waals surface area contributed by atoms with Crippen LogP contribution in [-0.4, -0.2) is 34.0 Å². The van der Waals surface area contributed by atoms with Crippen LogP contribution in [-0.2, 0) is 22.4 Å². The van der Waals surface area contributed by atoms with E-state index in [4.69, 9.17) is 5.73 Å². The Morgan fingerprint density at radius 1 is 1.06 bits per heavy atom. The number of hydrogen-bond acceptors (Lipinski definition) is 4. The first kappa shape index (κ1) is 23.8.